The molecule has 0 radical (unpaired) electrons. The maximum atomic E-state index is 12.0. The van der Waals surface area contributed by atoms with Crippen molar-refractivity contribution >= 4 is 23.4 Å². The second-order valence-corrected chi connectivity index (χ2v) is 6.52. The highest BCUT2D eigenvalue weighted by Gasteiger charge is 2.26. The van der Waals surface area contributed by atoms with Crippen molar-refractivity contribution in [1.82, 2.24) is 4.90 Å². The highest BCUT2D eigenvalue weighted by Crippen LogP contribution is 2.30. The normalized spacial score (nSPS) is 16.0. The second-order valence-electron chi connectivity index (χ2n) is 6.09. The van der Waals surface area contributed by atoms with Crippen LogP contribution in [0.1, 0.15) is 20.8 Å². The molecular weight excluding hydrogens is 292 g/mol. The summed E-state index contributed by atoms with van der Waals surface area (Å²) in [6.45, 7) is 7.99. The molecule has 0 aromatic heterocycles. The number of ether oxygens (including phenoxy) is 1. The highest BCUT2D eigenvalue weighted by atomic mass is 35.5. The number of phenols is 1. The van der Waals surface area contributed by atoms with E-state index in [4.69, 9.17) is 16.3 Å². The van der Waals surface area contributed by atoms with Crippen molar-refractivity contribution in [1.29, 1.82) is 0 Å². The molecule has 1 aromatic carbocycles. The summed E-state index contributed by atoms with van der Waals surface area (Å²) in [5.74, 6) is 0.160. The maximum Gasteiger partial charge on any atom is 0.410 e. The molecule has 1 fully saturated rings. The molecular formula is C15H21ClN2O3. The minimum Gasteiger partial charge on any atom is -0.506 e. The number of piperazine rings is 1. The van der Waals surface area contributed by atoms with Gasteiger partial charge in [-0.1, -0.05) is 11.6 Å². The van der Waals surface area contributed by atoms with E-state index in [9.17, 15) is 9.90 Å². The Hall–Kier alpha value is -1.62. The highest BCUT2D eigenvalue weighted by molar-refractivity contribution is 6.30. The molecule has 0 bridgehead atoms. The Balaban J connectivity index is 1.95. The van der Waals surface area contributed by atoms with E-state index in [1.807, 2.05) is 25.7 Å². The van der Waals surface area contributed by atoms with Crippen molar-refractivity contribution in [3.05, 3.63) is 23.2 Å². The third kappa shape index (κ3) is 4.17. The van der Waals surface area contributed by atoms with Gasteiger partial charge in [-0.3, -0.25) is 0 Å². The van der Waals surface area contributed by atoms with Crippen LogP contribution < -0.4 is 4.90 Å². The number of aromatic hydroxyl groups is 1. The number of amides is 1. The second kappa shape index (κ2) is 6.02. The van der Waals surface area contributed by atoms with Gasteiger partial charge in [0.1, 0.15) is 11.4 Å². The van der Waals surface area contributed by atoms with Crippen LogP contribution in [-0.4, -0.2) is 47.9 Å². The third-order valence-electron chi connectivity index (χ3n) is 3.21. The predicted octanol–water partition coefficient (Wildman–Crippen LogP) is 3.10. The van der Waals surface area contributed by atoms with Crippen molar-refractivity contribution in [2.75, 3.05) is 31.1 Å². The smallest absolute Gasteiger partial charge is 0.410 e. The standard InChI is InChI=1S/C15H21ClN2O3/c1-15(2,3)21-14(20)18-8-6-17(7-9-18)12-5-4-11(16)10-13(12)19/h4-5,10,19H,6-9H2,1-3H3. The van der Waals surface area contributed by atoms with Gasteiger partial charge in [0, 0.05) is 37.3 Å². The first-order valence-electron chi connectivity index (χ1n) is 6.98. The lowest BCUT2D eigenvalue weighted by molar-refractivity contribution is 0.0240. The van der Waals surface area contributed by atoms with Crippen LogP contribution in [0.15, 0.2) is 18.2 Å². The molecule has 2 rings (SSSR count). The van der Waals surface area contributed by atoms with E-state index in [0.29, 0.717) is 31.2 Å². The molecule has 0 atom stereocenters. The number of anilines is 1. The fraction of sp³-hybridized carbons (Fsp3) is 0.533. The van der Waals surface area contributed by atoms with Crippen LogP contribution in [0.5, 0.6) is 5.75 Å². The van der Waals surface area contributed by atoms with Crippen LogP contribution in [0, 0.1) is 0 Å². The largest absolute Gasteiger partial charge is 0.506 e. The summed E-state index contributed by atoms with van der Waals surface area (Å²) < 4.78 is 5.36. The van der Waals surface area contributed by atoms with Crippen LogP contribution >= 0.6 is 11.6 Å². The summed E-state index contributed by atoms with van der Waals surface area (Å²) in [6, 6.07) is 5.06. The fourth-order valence-corrected chi connectivity index (χ4v) is 2.39. The van der Waals surface area contributed by atoms with Gasteiger partial charge in [-0.2, -0.15) is 0 Å². The molecule has 0 unspecified atom stereocenters. The van der Waals surface area contributed by atoms with Crippen LogP contribution in [0.3, 0.4) is 0 Å². The average Bonchev–Trinajstić information content (AvgIpc) is 2.37. The van der Waals surface area contributed by atoms with Crippen molar-refractivity contribution in [3.63, 3.8) is 0 Å². The zero-order valence-corrected chi connectivity index (χ0v) is 13.4. The number of benzene rings is 1. The van der Waals surface area contributed by atoms with Gasteiger partial charge < -0.3 is 19.6 Å². The van der Waals surface area contributed by atoms with Gasteiger partial charge in [0.2, 0.25) is 0 Å². The molecule has 6 heteroatoms. The number of phenolic OH excluding ortho intramolecular Hbond substituents is 1. The summed E-state index contributed by atoms with van der Waals surface area (Å²) in [7, 11) is 0. The van der Waals surface area contributed by atoms with Gasteiger partial charge in [-0.15, -0.1) is 0 Å². The van der Waals surface area contributed by atoms with Gasteiger partial charge in [0.05, 0.1) is 5.69 Å². The molecule has 5 nitrogen and oxygen atoms in total. The minimum absolute atomic E-state index is 0.160. The first-order chi connectivity index (χ1) is 9.76. The lowest BCUT2D eigenvalue weighted by Crippen LogP contribution is -2.50. The van der Waals surface area contributed by atoms with Crippen molar-refractivity contribution in [3.8, 4) is 5.75 Å². The number of carbonyl (C=O) groups excluding carboxylic acids is 1. The lowest BCUT2D eigenvalue weighted by atomic mass is 10.2. The molecule has 1 N–H and O–H groups in total. The number of hydrogen-bond acceptors (Lipinski definition) is 4. The zero-order chi connectivity index (χ0) is 15.6. The molecule has 21 heavy (non-hydrogen) atoms. The predicted molar refractivity (Wildman–Crippen MR) is 83.1 cm³/mol. The monoisotopic (exact) mass is 312 g/mol. The fourth-order valence-electron chi connectivity index (χ4n) is 2.22. The quantitative estimate of drug-likeness (QED) is 0.865. The Morgan fingerprint density at radius 1 is 1.24 bits per heavy atom. The van der Waals surface area contributed by atoms with Crippen molar-refractivity contribution < 1.29 is 14.6 Å². The molecule has 0 aliphatic carbocycles. The van der Waals surface area contributed by atoms with Crippen molar-refractivity contribution in [2.45, 2.75) is 26.4 Å². The Kier molecular flexibility index (Phi) is 4.52. The van der Waals surface area contributed by atoms with Crippen LogP contribution in [0.4, 0.5) is 10.5 Å². The Morgan fingerprint density at radius 3 is 2.38 bits per heavy atom. The van der Waals surface area contributed by atoms with Gasteiger partial charge >= 0.3 is 6.09 Å². The van der Waals surface area contributed by atoms with Gasteiger partial charge in [-0.05, 0) is 32.9 Å². The number of hydrogen-bond donors (Lipinski definition) is 1. The van der Waals surface area contributed by atoms with Crippen LogP contribution in [0.2, 0.25) is 5.02 Å². The zero-order valence-electron chi connectivity index (χ0n) is 12.6. The van der Waals surface area contributed by atoms with Crippen LogP contribution in [-0.2, 0) is 4.74 Å². The number of carbonyl (C=O) groups is 1. The Bertz CT molecular complexity index is 520. The first kappa shape index (κ1) is 15.8. The van der Waals surface area contributed by atoms with Gasteiger partial charge in [0.25, 0.3) is 0 Å². The molecule has 0 saturated carbocycles. The van der Waals surface area contributed by atoms with E-state index in [1.54, 1.807) is 17.0 Å². The maximum absolute atomic E-state index is 12.0. The number of nitrogens with zero attached hydrogens (tertiary/aromatic N) is 2. The number of halogens is 1. The molecule has 1 saturated heterocycles. The molecule has 116 valence electrons. The summed E-state index contributed by atoms with van der Waals surface area (Å²) in [5, 5.41) is 10.4. The summed E-state index contributed by atoms with van der Waals surface area (Å²) in [5.41, 5.74) is 0.256. The van der Waals surface area contributed by atoms with E-state index in [-0.39, 0.29) is 11.8 Å². The molecule has 1 amide bonds. The van der Waals surface area contributed by atoms with E-state index in [2.05, 4.69) is 0 Å². The molecule has 1 aliphatic heterocycles. The Morgan fingerprint density at radius 2 is 1.86 bits per heavy atom. The van der Waals surface area contributed by atoms with E-state index in [1.165, 1.54) is 6.07 Å². The first-order valence-corrected chi connectivity index (χ1v) is 7.35. The molecule has 1 aromatic rings. The van der Waals surface area contributed by atoms with Gasteiger partial charge in [0.15, 0.2) is 0 Å². The topological polar surface area (TPSA) is 53.0 Å². The van der Waals surface area contributed by atoms with E-state index >= 15 is 0 Å². The van der Waals surface area contributed by atoms with Crippen LogP contribution in [0.25, 0.3) is 0 Å². The summed E-state index contributed by atoms with van der Waals surface area (Å²) in [4.78, 5) is 15.7. The van der Waals surface area contributed by atoms with E-state index < -0.39 is 5.60 Å². The minimum atomic E-state index is -0.483. The summed E-state index contributed by atoms with van der Waals surface area (Å²) >= 11 is 5.83. The lowest BCUT2D eigenvalue weighted by Gasteiger charge is -2.36. The molecule has 1 heterocycles. The van der Waals surface area contributed by atoms with Gasteiger partial charge in [-0.25, -0.2) is 4.79 Å². The van der Waals surface area contributed by atoms with Crippen molar-refractivity contribution in [2.24, 2.45) is 0 Å². The molecule has 1 aliphatic rings. The summed E-state index contributed by atoms with van der Waals surface area (Å²) in [6.07, 6.45) is -0.289. The SMILES string of the molecule is CC(C)(C)OC(=O)N1CCN(c2ccc(Cl)cc2O)CC1. The van der Waals surface area contributed by atoms with E-state index in [0.717, 1.165) is 5.69 Å². The Labute approximate surface area is 130 Å². The average molecular weight is 313 g/mol. The molecule has 0 spiro atoms. The number of rotatable bonds is 1. The third-order valence-corrected chi connectivity index (χ3v) is 3.44.